The number of piperidine rings is 1. The smallest absolute Gasteiger partial charge is 0.308 e. The van der Waals surface area contributed by atoms with E-state index >= 15 is 0 Å². The van der Waals surface area contributed by atoms with Gasteiger partial charge in [0.1, 0.15) is 0 Å². The van der Waals surface area contributed by atoms with Crippen molar-refractivity contribution >= 4 is 17.8 Å². The Labute approximate surface area is 141 Å². The van der Waals surface area contributed by atoms with Crippen molar-refractivity contribution in [1.29, 1.82) is 0 Å². The first-order chi connectivity index (χ1) is 11.5. The van der Waals surface area contributed by atoms with Crippen LogP contribution in [0.15, 0.2) is 24.3 Å². The molecule has 1 atom stereocenters. The van der Waals surface area contributed by atoms with Gasteiger partial charge in [0, 0.05) is 19.5 Å². The molecule has 0 aromatic heterocycles. The molecule has 0 saturated carbocycles. The van der Waals surface area contributed by atoms with Crippen molar-refractivity contribution in [3.8, 4) is 0 Å². The zero-order chi connectivity index (χ0) is 17.5. The number of amides is 2. The summed E-state index contributed by atoms with van der Waals surface area (Å²) < 4.78 is 0. The Morgan fingerprint density at radius 1 is 1.25 bits per heavy atom. The van der Waals surface area contributed by atoms with Gasteiger partial charge in [-0.15, -0.1) is 0 Å². The van der Waals surface area contributed by atoms with E-state index in [2.05, 4.69) is 5.32 Å². The predicted molar refractivity (Wildman–Crippen MR) is 89.4 cm³/mol. The van der Waals surface area contributed by atoms with Crippen LogP contribution in [0.25, 0.3) is 0 Å². The van der Waals surface area contributed by atoms with Gasteiger partial charge < -0.3 is 15.3 Å². The Hall–Kier alpha value is -2.37. The molecule has 130 valence electrons. The summed E-state index contributed by atoms with van der Waals surface area (Å²) in [6, 6.07) is 8.00. The second-order valence-corrected chi connectivity index (χ2v) is 6.28. The lowest BCUT2D eigenvalue weighted by atomic mass is 9.98. The second-order valence-electron chi connectivity index (χ2n) is 6.28. The van der Waals surface area contributed by atoms with Crippen LogP contribution in [0, 0.1) is 12.8 Å². The van der Waals surface area contributed by atoms with Crippen LogP contribution in [0.2, 0.25) is 0 Å². The summed E-state index contributed by atoms with van der Waals surface area (Å²) in [6.45, 7) is 2.73. The van der Waals surface area contributed by atoms with Crippen LogP contribution in [0.1, 0.15) is 30.4 Å². The van der Waals surface area contributed by atoms with Gasteiger partial charge in [-0.25, -0.2) is 0 Å². The maximum absolute atomic E-state index is 12.1. The summed E-state index contributed by atoms with van der Waals surface area (Å²) >= 11 is 0. The van der Waals surface area contributed by atoms with Crippen molar-refractivity contribution in [2.45, 2.75) is 32.6 Å². The van der Waals surface area contributed by atoms with Gasteiger partial charge in [0.25, 0.3) is 0 Å². The van der Waals surface area contributed by atoms with Gasteiger partial charge in [0.05, 0.1) is 12.5 Å². The molecule has 1 aliphatic rings. The van der Waals surface area contributed by atoms with E-state index in [1.165, 1.54) is 10.5 Å². The molecule has 6 nitrogen and oxygen atoms in total. The third-order valence-electron chi connectivity index (χ3n) is 4.32. The van der Waals surface area contributed by atoms with E-state index in [-0.39, 0.29) is 24.9 Å². The van der Waals surface area contributed by atoms with Gasteiger partial charge >= 0.3 is 5.97 Å². The molecule has 0 spiro atoms. The minimum Gasteiger partial charge on any atom is -0.481 e. The van der Waals surface area contributed by atoms with E-state index in [9.17, 15) is 14.4 Å². The molecule has 1 aromatic carbocycles. The summed E-state index contributed by atoms with van der Waals surface area (Å²) in [5, 5.41) is 11.7. The Morgan fingerprint density at radius 2 is 1.96 bits per heavy atom. The van der Waals surface area contributed by atoms with Crippen LogP contribution < -0.4 is 5.32 Å². The molecule has 0 radical (unpaired) electrons. The number of benzene rings is 1. The molecule has 1 fully saturated rings. The fourth-order valence-electron chi connectivity index (χ4n) is 2.79. The molecule has 6 heteroatoms. The Morgan fingerprint density at radius 3 is 2.62 bits per heavy atom. The van der Waals surface area contributed by atoms with E-state index < -0.39 is 11.9 Å². The Kier molecular flexibility index (Phi) is 6.35. The normalized spacial score (nSPS) is 17.4. The highest BCUT2D eigenvalue weighted by Crippen LogP contribution is 2.16. The Balaban J connectivity index is 1.71. The lowest BCUT2D eigenvalue weighted by Gasteiger charge is -2.30. The molecule has 1 heterocycles. The molecule has 1 saturated heterocycles. The van der Waals surface area contributed by atoms with Crippen LogP contribution in [0.5, 0.6) is 0 Å². The summed E-state index contributed by atoms with van der Waals surface area (Å²) in [5.74, 6) is -1.75. The number of nitrogens with zero attached hydrogens (tertiary/aromatic N) is 1. The first-order valence-electron chi connectivity index (χ1n) is 8.28. The number of hydrogen-bond acceptors (Lipinski definition) is 3. The third kappa shape index (κ3) is 5.37. The molecule has 2 amide bonds. The Bertz CT molecular complexity index is 598. The predicted octanol–water partition coefficient (Wildman–Crippen LogP) is 1.37. The van der Waals surface area contributed by atoms with E-state index in [4.69, 9.17) is 5.11 Å². The summed E-state index contributed by atoms with van der Waals surface area (Å²) in [7, 11) is 0. The molecule has 0 unspecified atom stereocenters. The number of carboxylic acid groups (broad SMARTS) is 1. The number of carbonyl (C=O) groups excluding carboxylic acids is 2. The van der Waals surface area contributed by atoms with Crippen molar-refractivity contribution in [1.82, 2.24) is 10.2 Å². The summed E-state index contributed by atoms with van der Waals surface area (Å²) in [5.41, 5.74) is 2.26. The quantitative estimate of drug-likeness (QED) is 0.824. The van der Waals surface area contributed by atoms with Gasteiger partial charge in [-0.3, -0.25) is 14.4 Å². The van der Waals surface area contributed by atoms with Gasteiger partial charge in [0.15, 0.2) is 0 Å². The molecule has 24 heavy (non-hydrogen) atoms. The van der Waals surface area contributed by atoms with Crippen molar-refractivity contribution in [2.75, 3.05) is 19.6 Å². The van der Waals surface area contributed by atoms with Crippen molar-refractivity contribution in [3.63, 3.8) is 0 Å². The highest BCUT2D eigenvalue weighted by atomic mass is 16.4. The molecular formula is C18H24N2O4. The number of aryl methyl sites for hydroxylation is 2. The fraction of sp³-hybridized carbons (Fsp3) is 0.500. The average Bonchev–Trinajstić information content (AvgIpc) is 2.59. The van der Waals surface area contributed by atoms with Gasteiger partial charge in [0.2, 0.25) is 11.8 Å². The SMILES string of the molecule is Cc1ccc(CCC(=O)NCC(=O)N2CCC[C@H](C(=O)O)C2)cc1. The molecule has 1 aromatic rings. The number of likely N-dealkylation sites (tertiary alicyclic amines) is 1. The molecule has 2 N–H and O–H groups in total. The molecule has 2 rings (SSSR count). The summed E-state index contributed by atoms with van der Waals surface area (Å²) in [4.78, 5) is 36.5. The monoisotopic (exact) mass is 332 g/mol. The molecule has 0 aliphatic carbocycles. The lowest BCUT2D eigenvalue weighted by molar-refractivity contribution is -0.145. The summed E-state index contributed by atoms with van der Waals surface area (Å²) in [6.07, 6.45) is 2.24. The number of rotatable bonds is 6. The van der Waals surface area contributed by atoms with Gasteiger partial charge in [-0.1, -0.05) is 29.8 Å². The van der Waals surface area contributed by atoms with Crippen molar-refractivity contribution in [3.05, 3.63) is 35.4 Å². The number of aliphatic carboxylic acids is 1. The minimum absolute atomic E-state index is 0.0704. The average molecular weight is 332 g/mol. The van der Waals surface area contributed by atoms with Gasteiger partial charge in [-0.2, -0.15) is 0 Å². The first kappa shape index (κ1) is 18.0. The van der Waals surface area contributed by atoms with Crippen LogP contribution in [-0.4, -0.2) is 47.4 Å². The minimum atomic E-state index is -0.866. The van der Waals surface area contributed by atoms with Crippen LogP contribution in [0.3, 0.4) is 0 Å². The van der Waals surface area contributed by atoms with E-state index in [1.54, 1.807) is 0 Å². The zero-order valence-electron chi connectivity index (χ0n) is 14.0. The topological polar surface area (TPSA) is 86.7 Å². The molecular weight excluding hydrogens is 308 g/mol. The van der Waals surface area contributed by atoms with Crippen LogP contribution >= 0.6 is 0 Å². The number of carbonyl (C=O) groups is 3. The van der Waals surface area contributed by atoms with Crippen molar-refractivity contribution in [2.24, 2.45) is 5.92 Å². The number of nitrogens with one attached hydrogen (secondary N) is 1. The molecule has 1 aliphatic heterocycles. The zero-order valence-corrected chi connectivity index (χ0v) is 14.0. The van der Waals surface area contributed by atoms with Crippen LogP contribution in [0.4, 0.5) is 0 Å². The van der Waals surface area contributed by atoms with E-state index in [0.29, 0.717) is 32.2 Å². The number of carboxylic acids is 1. The van der Waals surface area contributed by atoms with E-state index in [0.717, 1.165) is 5.56 Å². The second kappa shape index (κ2) is 8.47. The largest absolute Gasteiger partial charge is 0.481 e. The standard InChI is InChI=1S/C18H24N2O4/c1-13-4-6-14(7-5-13)8-9-16(21)19-11-17(22)20-10-2-3-15(12-20)18(23)24/h4-7,15H,2-3,8-12H2,1H3,(H,19,21)(H,23,24)/t15-/m0/s1. The van der Waals surface area contributed by atoms with Crippen LogP contribution in [-0.2, 0) is 20.8 Å². The first-order valence-corrected chi connectivity index (χ1v) is 8.28. The highest BCUT2D eigenvalue weighted by molar-refractivity contribution is 5.85. The molecule has 0 bridgehead atoms. The highest BCUT2D eigenvalue weighted by Gasteiger charge is 2.27. The van der Waals surface area contributed by atoms with Gasteiger partial charge in [-0.05, 0) is 31.7 Å². The number of hydrogen-bond donors (Lipinski definition) is 2. The lowest BCUT2D eigenvalue weighted by Crippen LogP contribution is -2.46. The fourth-order valence-corrected chi connectivity index (χ4v) is 2.79. The third-order valence-corrected chi connectivity index (χ3v) is 4.32. The maximum Gasteiger partial charge on any atom is 0.308 e. The van der Waals surface area contributed by atoms with E-state index in [1.807, 2.05) is 31.2 Å². The van der Waals surface area contributed by atoms with Crippen molar-refractivity contribution < 1.29 is 19.5 Å². The maximum atomic E-state index is 12.1.